The minimum absolute atomic E-state index is 0.0865. The van der Waals surface area contributed by atoms with Crippen molar-refractivity contribution in [3.05, 3.63) is 58.6 Å². The molecule has 1 heterocycles. The first-order chi connectivity index (χ1) is 17.3. The van der Waals surface area contributed by atoms with Crippen molar-refractivity contribution < 1.29 is 29.3 Å². The van der Waals surface area contributed by atoms with Gasteiger partial charge in [0.05, 0.1) is 17.3 Å². The van der Waals surface area contributed by atoms with Crippen LogP contribution in [0.25, 0.3) is 0 Å². The summed E-state index contributed by atoms with van der Waals surface area (Å²) in [5.74, 6) is -0.999. The van der Waals surface area contributed by atoms with E-state index in [1.165, 1.54) is 0 Å². The molecule has 9 nitrogen and oxygen atoms in total. The van der Waals surface area contributed by atoms with Crippen molar-refractivity contribution in [2.45, 2.75) is 58.2 Å². The predicted octanol–water partition coefficient (Wildman–Crippen LogP) is 3.63. The molecule has 2 aromatic rings. The quantitative estimate of drug-likeness (QED) is 0.366. The van der Waals surface area contributed by atoms with Crippen molar-refractivity contribution in [3.63, 3.8) is 0 Å². The van der Waals surface area contributed by atoms with Crippen LogP contribution in [0.4, 0.5) is 10.5 Å². The Morgan fingerprint density at radius 1 is 1.16 bits per heavy atom. The van der Waals surface area contributed by atoms with E-state index in [1.807, 2.05) is 6.07 Å². The maximum Gasteiger partial charge on any atom is 0.325 e. The number of imide groups is 1. The second-order valence-corrected chi connectivity index (χ2v) is 10.8. The number of hydrogen-bond donors (Lipinski definition) is 4. The molecular formula is C27H34ClN3O6. The van der Waals surface area contributed by atoms with Crippen LogP contribution in [0.5, 0.6) is 5.75 Å². The lowest BCUT2D eigenvalue weighted by Gasteiger charge is -2.28. The summed E-state index contributed by atoms with van der Waals surface area (Å²) in [5, 5.41) is 24.1. The number of carbonyl (C=O) groups is 3. The lowest BCUT2D eigenvalue weighted by atomic mass is 9.87. The summed E-state index contributed by atoms with van der Waals surface area (Å²) in [6, 6.07) is 9.14. The van der Waals surface area contributed by atoms with E-state index in [4.69, 9.17) is 21.4 Å². The Morgan fingerprint density at radius 3 is 2.35 bits per heavy atom. The summed E-state index contributed by atoms with van der Waals surface area (Å²) in [5.41, 5.74) is 1.80. The van der Waals surface area contributed by atoms with Gasteiger partial charge in [0.1, 0.15) is 30.5 Å². The Hall–Kier alpha value is -3.14. The highest BCUT2D eigenvalue weighted by Gasteiger charge is 2.46. The lowest BCUT2D eigenvalue weighted by molar-refractivity contribution is -0.135. The number of aliphatic hydroxyl groups excluding tert-OH is 2. The normalized spacial score (nSPS) is 17.5. The third-order valence-electron chi connectivity index (χ3n) is 6.11. The van der Waals surface area contributed by atoms with Crippen molar-refractivity contribution in [2.24, 2.45) is 5.92 Å². The topological polar surface area (TPSA) is 128 Å². The number of hydrogen-bond acceptors (Lipinski definition) is 6. The number of aliphatic hydroxyl groups is 2. The number of ether oxygens (including phenoxy) is 1. The van der Waals surface area contributed by atoms with Gasteiger partial charge < -0.3 is 25.6 Å². The molecule has 0 spiro atoms. The molecule has 3 unspecified atom stereocenters. The smallest absolute Gasteiger partial charge is 0.325 e. The number of urea groups is 1. The standard InChI is InChI=1S/C27H34ClN3O6/c1-15(2)23(24(34)29-21-11-8-17(12-20(21)28)27(3,4)5)31-25(35)22(30-26(31)36)16-6-9-19(10-7-16)37-14-18(33)13-32/h6-12,15,18,22-23,32-33H,13-14H2,1-5H3,(H,29,34)(H,30,36). The molecular weight excluding hydrogens is 498 g/mol. The maximum absolute atomic E-state index is 13.3. The molecule has 0 aromatic heterocycles. The van der Waals surface area contributed by atoms with Crippen LogP contribution < -0.4 is 15.4 Å². The van der Waals surface area contributed by atoms with Crippen LogP contribution in [0.3, 0.4) is 0 Å². The highest BCUT2D eigenvalue weighted by atomic mass is 35.5. The second-order valence-electron chi connectivity index (χ2n) is 10.4. The summed E-state index contributed by atoms with van der Waals surface area (Å²) in [4.78, 5) is 40.5. The van der Waals surface area contributed by atoms with Gasteiger partial charge in [0, 0.05) is 0 Å². The van der Waals surface area contributed by atoms with Crippen molar-refractivity contribution >= 4 is 35.1 Å². The van der Waals surface area contributed by atoms with Crippen molar-refractivity contribution in [1.29, 1.82) is 0 Å². The molecule has 0 radical (unpaired) electrons. The largest absolute Gasteiger partial charge is 0.491 e. The molecule has 200 valence electrons. The highest BCUT2D eigenvalue weighted by molar-refractivity contribution is 6.33. The molecule has 4 N–H and O–H groups in total. The number of rotatable bonds is 9. The number of benzene rings is 2. The molecule has 4 amide bonds. The van der Waals surface area contributed by atoms with Crippen LogP contribution in [-0.4, -0.2) is 58.3 Å². The molecule has 1 aliphatic rings. The van der Waals surface area contributed by atoms with Gasteiger partial charge in [-0.1, -0.05) is 64.4 Å². The van der Waals surface area contributed by atoms with Crippen LogP contribution in [0.15, 0.2) is 42.5 Å². The van der Waals surface area contributed by atoms with Gasteiger partial charge in [0.15, 0.2) is 0 Å². The van der Waals surface area contributed by atoms with Gasteiger partial charge in [-0.05, 0) is 46.7 Å². The molecule has 3 atom stereocenters. The van der Waals surface area contributed by atoms with Gasteiger partial charge in [0.2, 0.25) is 5.91 Å². The van der Waals surface area contributed by atoms with Gasteiger partial charge in [0.25, 0.3) is 5.91 Å². The van der Waals surface area contributed by atoms with E-state index >= 15 is 0 Å². The zero-order valence-electron chi connectivity index (χ0n) is 21.6. The summed E-state index contributed by atoms with van der Waals surface area (Å²) in [6.07, 6.45) is -1.01. The van der Waals surface area contributed by atoms with Crippen LogP contribution in [0, 0.1) is 5.92 Å². The molecule has 1 saturated heterocycles. The minimum atomic E-state index is -1.06. The first-order valence-electron chi connectivity index (χ1n) is 12.1. The SMILES string of the molecule is CC(C)C(C(=O)Nc1ccc(C(C)(C)C)cc1Cl)N1C(=O)NC(c2ccc(OCC(O)CO)cc2)C1=O. The molecule has 0 bridgehead atoms. The zero-order valence-corrected chi connectivity index (χ0v) is 22.4. The van der Waals surface area contributed by atoms with Crippen molar-refractivity contribution in [1.82, 2.24) is 10.2 Å². The molecule has 1 aliphatic heterocycles. The van der Waals surface area contributed by atoms with E-state index in [9.17, 15) is 19.5 Å². The van der Waals surface area contributed by atoms with Crippen LogP contribution in [0.2, 0.25) is 5.02 Å². The Morgan fingerprint density at radius 2 is 1.81 bits per heavy atom. The van der Waals surface area contributed by atoms with E-state index < -0.39 is 42.6 Å². The number of amides is 4. The van der Waals surface area contributed by atoms with E-state index in [1.54, 1.807) is 50.2 Å². The number of nitrogens with zero attached hydrogens (tertiary/aromatic N) is 1. The molecule has 10 heteroatoms. The first-order valence-corrected chi connectivity index (χ1v) is 12.5. The fraction of sp³-hybridized carbons (Fsp3) is 0.444. The van der Waals surface area contributed by atoms with E-state index in [2.05, 4.69) is 31.4 Å². The van der Waals surface area contributed by atoms with Gasteiger partial charge >= 0.3 is 6.03 Å². The number of halogens is 1. The Balaban J connectivity index is 1.77. The van der Waals surface area contributed by atoms with Gasteiger partial charge in [-0.3, -0.25) is 9.59 Å². The Kier molecular flexibility index (Phi) is 8.84. The summed E-state index contributed by atoms with van der Waals surface area (Å²) in [6.45, 7) is 9.18. The van der Waals surface area contributed by atoms with Gasteiger partial charge in [-0.15, -0.1) is 0 Å². The summed E-state index contributed by atoms with van der Waals surface area (Å²) in [7, 11) is 0. The molecule has 0 aliphatic carbocycles. The summed E-state index contributed by atoms with van der Waals surface area (Å²) < 4.78 is 5.38. The summed E-state index contributed by atoms with van der Waals surface area (Å²) >= 11 is 6.43. The van der Waals surface area contributed by atoms with Crippen LogP contribution in [-0.2, 0) is 15.0 Å². The fourth-order valence-electron chi connectivity index (χ4n) is 3.99. The van der Waals surface area contributed by atoms with Gasteiger partial charge in [-0.25, -0.2) is 9.69 Å². The fourth-order valence-corrected chi connectivity index (χ4v) is 4.22. The predicted molar refractivity (Wildman–Crippen MR) is 141 cm³/mol. The maximum atomic E-state index is 13.3. The second kappa shape index (κ2) is 11.5. The molecule has 2 aromatic carbocycles. The minimum Gasteiger partial charge on any atom is -0.491 e. The van der Waals surface area contributed by atoms with Crippen molar-refractivity contribution in [2.75, 3.05) is 18.5 Å². The Bertz CT molecular complexity index is 1150. The van der Waals surface area contributed by atoms with Crippen LogP contribution >= 0.6 is 11.6 Å². The average Bonchev–Trinajstić information content (AvgIpc) is 3.12. The third-order valence-corrected chi connectivity index (χ3v) is 6.42. The molecule has 0 saturated carbocycles. The van der Waals surface area contributed by atoms with Crippen molar-refractivity contribution in [3.8, 4) is 5.75 Å². The third kappa shape index (κ3) is 6.60. The molecule has 3 rings (SSSR count). The average molecular weight is 532 g/mol. The number of anilines is 1. The lowest BCUT2D eigenvalue weighted by Crippen LogP contribution is -2.50. The highest BCUT2D eigenvalue weighted by Crippen LogP contribution is 2.31. The van der Waals surface area contributed by atoms with Gasteiger partial charge in [-0.2, -0.15) is 0 Å². The molecule has 1 fully saturated rings. The van der Waals surface area contributed by atoms with E-state index in [-0.39, 0.29) is 17.9 Å². The van der Waals surface area contributed by atoms with E-state index in [0.29, 0.717) is 22.0 Å². The zero-order chi connectivity index (χ0) is 27.5. The monoisotopic (exact) mass is 531 g/mol. The van der Waals surface area contributed by atoms with E-state index in [0.717, 1.165) is 10.5 Å². The number of carbonyl (C=O) groups excluding carboxylic acids is 3. The molecule has 37 heavy (non-hydrogen) atoms. The Labute approximate surface area is 221 Å². The first kappa shape index (κ1) is 28.4. The van der Waals surface area contributed by atoms with Crippen LogP contribution in [0.1, 0.15) is 51.8 Å². The number of nitrogens with one attached hydrogen (secondary N) is 2.